The number of nitriles is 1. The van der Waals surface area contributed by atoms with Crippen LogP contribution in [0.15, 0.2) is 15.8 Å². The van der Waals surface area contributed by atoms with E-state index in [1.807, 2.05) is 0 Å². The molecule has 1 unspecified atom stereocenters. The van der Waals surface area contributed by atoms with Crippen LogP contribution < -0.4 is 11.2 Å². The lowest BCUT2D eigenvalue weighted by Gasteiger charge is -2.08. The predicted octanol–water partition coefficient (Wildman–Crippen LogP) is -0.165. The van der Waals surface area contributed by atoms with E-state index in [2.05, 4.69) is 4.98 Å². The molecule has 90 valence electrons. The molecule has 1 N–H and O–H groups in total. The van der Waals surface area contributed by atoms with Gasteiger partial charge in [0.05, 0.1) is 0 Å². The molecule has 2 rings (SSSR count). The van der Waals surface area contributed by atoms with Crippen LogP contribution in [0.1, 0.15) is 18.4 Å². The molecule has 1 aromatic heterocycles. The molecule has 6 heteroatoms. The third-order valence-corrected chi connectivity index (χ3v) is 2.93. The molecule has 6 nitrogen and oxygen atoms in total. The maximum atomic E-state index is 11.5. The average molecular weight is 235 g/mol. The number of rotatable bonds is 3. The fraction of sp³-hybridized carbons (Fsp3) is 0.545. The molecule has 0 radical (unpaired) electrons. The first-order chi connectivity index (χ1) is 8.20. The van der Waals surface area contributed by atoms with Gasteiger partial charge in [-0.15, -0.1) is 0 Å². The third-order valence-electron chi connectivity index (χ3n) is 2.93. The lowest BCUT2D eigenvalue weighted by atomic mass is 10.1. The van der Waals surface area contributed by atoms with Crippen LogP contribution in [-0.2, 0) is 11.3 Å². The van der Waals surface area contributed by atoms with E-state index in [-0.39, 0.29) is 5.56 Å². The molecule has 1 saturated heterocycles. The summed E-state index contributed by atoms with van der Waals surface area (Å²) in [6.45, 7) is 2.00. The molecule has 0 aliphatic carbocycles. The SMILES string of the molecule is N#Cc1cn(CCC2CCOC2)c(=O)[nH]c1=O. The van der Waals surface area contributed by atoms with Gasteiger partial charge in [-0.05, 0) is 18.8 Å². The second kappa shape index (κ2) is 4.97. The highest BCUT2D eigenvalue weighted by Crippen LogP contribution is 2.16. The van der Waals surface area contributed by atoms with Crippen molar-refractivity contribution in [3.05, 3.63) is 32.6 Å². The van der Waals surface area contributed by atoms with E-state index >= 15 is 0 Å². The summed E-state index contributed by atoms with van der Waals surface area (Å²) in [6.07, 6.45) is 3.14. The van der Waals surface area contributed by atoms with E-state index in [1.165, 1.54) is 10.8 Å². The summed E-state index contributed by atoms with van der Waals surface area (Å²) in [5, 5.41) is 8.71. The van der Waals surface area contributed by atoms with Crippen molar-refractivity contribution in [2.24, 2.45) is 5.92 Å². The van der Waals surface area contributed by atoms with Gasteiger partial charge in [0.25, 0.3) is 5.56 Å². The number of ether oxygens (including phenoxy) is 1. The minimum absolute atomic E-state index is 0.0349. The summed E-state index contributed by atoms with van der Waals surface area (Å²) in [5.74, 6) is 0.458. The molecule has 1 aromatic rings. The Hall–Kier alpha value is -1.87. The Bertz CT molecular complexity index is 546. The summed E-state index contributed by atoms with van der Waals surface area (Å²) in [6, 6.07) is 1.76. The Morgan fingerprint density at radius 1 is 1.59 bits per heavy atom. The number of nitrogens with one attached hydrogen (secondary N) is 1. The number of H-pyrrole nitrogens is 1. The minimum atomic E-state index is -0.627. The fourth-order valence-electron chi connectivity index (χ4n) is 1.89. The van der Waals surface area contributed by atoms with E-state index in [1.54, 1.807) is 6.07 Å². The molecule has 0 saturated carbocycles. The molecule has 0 bridgehead atoms. The second-order valence-electron chi connectivity index (χ2n) is 4.13. The minimum Gasteiger partial charge on any atom is -0.381 e. The van der Waals surface area contributed by atoms with Crippen molar-refractivity contribution in [3.8, 4) is 6.07 Å². The van der Waals surface area contributed by atoms with Gasteiger partial charge in [-0.2, -0.15) is 5.26 Å². The zero-order chi connectivity index (χ0) is 12.3. The van der Waals surface area contributed by atoms with E-state index in [9.17, 15) is 9.59 Å². The Labute approximate surface area is 97.5 Å². The van der Waals surface area contributed by atoms with Crippen LogP contribution in [-0.4, -0.2) is 22.8 Å². The van der Waals surface area contributed by atoms with E-state index < -0.39 is 11.2 Å². The first-order valence-electron chi connectivity index (χ1n) is 5.52. The van der Waals surface area contributed by atoms with Gasteiger partial charge < -0.3 is 4.74 Å². The van der Waals surface area contributed by atoms with E-state index in [4.69, 9.17) is 10.00 Å². The zero-order valence-corrected chi connectivity index (χ0v) is 9.31. The van der Waals surface area contributed by atoms with Crippen molar-refractivity contribution in [1.82, 2.24) is 9.55 Å². The summed E-state index contributed by atoms with van der Waals surface area (Å²) < 4.78 is 6.62. The first kappa shape index (κ1) is 11.6. The maximum absolute atomic E-state index is 11.5. The molecule has 0 amide bonds. The first-order valence-corrected chi connectivity index (χ1v) is 5.52. The number of hydrogen-bond acceptors (Lipinski definition) is 4. The van der Waals surface area contributed by atoms with Crippen LogP contribution in [0.3, 0.4) is 0 Å². The summed E-state index contributed by atoms with van der Waals surface area (Å²) in [4.78, 5) is 24.8. The molecular formula is C11H13N3O3. The van der Waals surface area contributed by atoms with Crippen molar-refractivity contribution in [2.45, 2.75) is 19.4 Å². The normalized spacial score (nSPS) is 19.1. The standard InChI is InChI=1S/C11H13N3O3/c12-5-9-6-14(11(16)13-10(9)15)3-1-8-2-4-17-7-8/h6,8H,1-4,7H2,(H,13,15,16). The topological polar surface area (TPSA) is 87.9 Å². The predicted molar refractivity (Wildman–Crippen MR) is 59.6 cm³/mol. The number of aromatic nitrogens is 2. The van der Waals surface area contributed by atoms with Crippen LogP contribution in [0, 0.1) is 17.2 Å². The van der Waals surface area contributed by atoms with Crippen LogP contribution in [0.5, 0.6) is 0 Å². The maximum Gasteiger partial charge on any atom is 0.328 e. The molecule has 0 aromatic carbocycles. The van der Waals surface area contributed by atoms with Gasteiger partial charge in [0, 0.05) is 26.0 Å². The molecule has 0 spiro atoms. The van der Waals surface area contributed by atoms with E-state index in [0.29, 0.717) is 12.5 Å². The molecule has 2 heterocycles. The lowest BCUT2D eigenvalue weighted by molar-refractivity contribution is 0.183. The molecule has 1 atom stereocenters. The number of hydrogen-bond donors (Lipinski definition) is 1. The Morgan fingerprint density at radius 2 is 2.41 bits per heavy atom. The van der Waals surface area contributed by atoms with Crippen LogP contribution >= 0.6 is 0 Å². The Morgan fingerprint density at radius 3 is 3.06 bits per heavy atom. The highest BCUT2D eigenvalue weighted by Gasteiger charge is 2.15. The van der Waals surface area contributed by atoms with Gasteiger partial charge in [0.15, 0.2) is 0 Å². The lowest BCUT2D eigenvalue weighted by Crippen LogP contribution is -2.31. The second-order valence-corrected chi connectivity index (χ2v) is 4.13. The highest BCUT2D eigenvalue weighted by molar-refractivity contribution is 5.21. The number of aryl methyl sites for hydroxylation is 1. The van der Waals surface area contributed by atoms with Crippen LogP contribution in [0.25, 0.3) is 0 Å². The fourth-order valence-corrected chi connectivity index (χ4v) is 1.89. The summed E-state index contributed by atoms with van der Waals surface area (Å²) in [7, 11) is 0. The monoisotopic (exact) mass is 235 g/mol. The van der Waals surface area contributed by atoms with Gasteiger partial charge in [0.2, 0.25) is 0 Å². The number of nitrogens with zero attached hydrogens (tertiary/aromatic N) is 2. The average Bonchev–Trinajstić information content (AvgIpc) is 2.81. The Balaban J connectivity index is 2.12. The largest absolute Gasteiger partial charge is 0.381 e. The third kappa shape index (κ3) is 2.63. The molecule has 1 aliphatic rings. The van der Waals surface area contributed by atoms with Gasteiger partial charge >= 0.3 is 5.69 Å². The van der Waals surface area contributed by atoms with Gasteiger partial charge in [-0.3, -0.25) is 14.3 Å². The van der Waals surface area contributed by atoms with E-state index in [0.717, 1.165) is 26.1 Å². The van der Waals surface area contributed by atoms with Crippen LogP contribution in [0.2, 0.25) is 0 Å². The molecule has 1 fully saturated rings. The van der Waals surface area contributed by atoms with Crippen molar-refractivity contribution < 1.29 is 4.74 Å². The van der Waals surface area contributed by atoms with Crippen molar-refractivity contribution >= 4 is 0 Å². The Kier molecular flexibility index (Phi) is 3.40. The zero-order valence-electron chi connectivity index (χ0n) is 9.31. The van der Waals surface area contributed by atoms with Gasteiger partial charge in [-0.1, -0.05) is 0 Å². The summed E-state index contributed by atoms with van der Waals surface area (Å²) >= 11 is 0. The van der Waals surface area contributed by atoms with Crippen molar-refractivity contribution in [2.75, 3.05) is 13.2 Å². The summed E-state index contributed by atoms with van der Waals surface area (Å²) in [5.41, 5.74) is -1.13. The van der Waals surface area contributed by atoms with Gasteiger partial charge in [-0.25, -0.2) is 4.79 Å². The van der Waals surface area contributed by atoms with Crippen molar-refractivity contribution in [3.63, 3.8) is 0 Å². The van der Waals surface area contributed by atoms with Crippen molar-refractivity contribution in [1.29, 1.82) is 5.26 Å². The number of aromatic amines is 1. The van der Waals surface area contributed by atoms with Gasteiger partial charge in [0.1, 0.15) is 11.6 Å². The molecule has 17 heavy (non-hydrogen) atoms. The highest BCUT2D eigenvalue weighted by atomic mass is 16.5. The molecule has 1 aliphatic heterocycles. The van der Waals surface area contributed by atoms with Crippen LogP contribution in [0.4, 0.5) is 0 Å². The quantitative estimate of drug-likeness (QED) is 0.788. The smallest absolute Gasteiger partial charge is 0.328 e. The molecular weight excluding hydrogens is 222 g/mol.